The largest absolute Gasteiger partial charge is 0.388 e. The van der Waals surface area contributed by atoms with E-state index in [0.29, 0.717) is 6.42 Å². The number of rotatable bonds is 1. The summed E-state index contributed by atoms with van der Waals surface area (Å²) >= 11 is 0. The van der Waals surface area contributed by atoms with Crippen LogP contribution in [0.5, 0.6) is 0 Å². The van der Waals surface area contributed by atoms with E-state index in [1.165, 1.54) is 12.1 Å². The number of halogens is 2. The summed E-state index contributed by atoms with van der Waals surface area (Å²) in [5, 5.41) is 10.2. The highest BCUT2D eigenvalue weighted by Crippen LogP contribution is 2.42. The number of aromatic nitrogens is 1. The maximum atomic E-state index is 14.2. The molecule has 1 heterocycles. The average molecular weight is 291 g/mol. The second-order valence-corrected chi connectivity index (χ2v) is 6.70. The van der Waals surface area contributed by atoms with Crippen LogP contribution in [0.4, 0.5) is 8.78 Å². The number of nitrogens with zero attached hydrogens (tertiary/aromatic N) is 1. The quantitative estimate of drug-likeness (QED) is 0.842. The van der Waals surface area contributed by atoms with Gasteiger partial charge in [-0.2, -0.15) is 0 Å². The van der Waals surface area contributed by atoms with Crippen molar-refractivity contribution in [3.63, 3.8) is 0 Å². The van der Waals surface area contributed by atoms with E-state index in [4.69, 9.17) is 0 Å². The first-order valence-electron chi connectivity index (χ1n) is 7.13. The summed E-state index contributed by atoms with van der Waals surface area (Å²) in [5.74, 6) is -0.880. The van der Waals surface area contributed by atoms with Gasteiger partial charge in [0.1, 0.15) is 11.6 Å². The first-order valence-corrected chi connectivity index (χ1v) is 7.13. The van der Waals surface area contributed by atoms with Gasteiger partial charge in [0.05, 0.1) is 11.8 Å². The molecule has 2 nitrogen and oxygen atoms in total. The molecule has 0 aliphatic heterocycles. The van der Waals surface area contributed by atoms with E-state index in [1.807, 2.05) is 0 Å². The van der Waals surface area contributed by atoms with Crippen LogP contribution in [0, 0.1) is 24.0 Å². The fraction of sp³-hybridized carbons (Fsp3) is 0.412. The Labute approximate surface area is 123 Å². The van der Waals surface area contributed by atoms with Crippen molar-refractivity contribution in [2.24, 2.45) is 5.41 Å². The predicted molar refractivity (Wildman–Crippen MR) is 77.5 cm³/mol. The second kappa shape index (κ2) is 4.67. The first-order chi connectivity index (χ1) is 9.78. The van der Waals surface area contributed by atoms with Gasteiger partial charge in [-0.1, -0.05) is 13.8 Å². The van der Waals surface area contributed by atoms with Crippen LogP contribution in [0.15, 0.2) is 24.4 Å². The third-order valence-corrected chi connectivity index (χ3v) is 4.27. The third kappa shape index (κ3) is 2.38. The summed E-state index contributed by atoms with van der Waals surface area (Å²) in [5.41, 5.74) is 2.10. The van der Waals surface area contributed by atoms with Crippen molar-refractivity contribution >= 4 is 0 Å². The van der Waals surface area contributed by atoms with Crippen molar-refractivity contribution in [2.75, 3.05) is 0 Å². The molecule has 0 fully saturated rings. The molecule has 21 heavy (non-hydrogen) atoms. The molecule has 0 saturated heterocycles. The summed E-state index contributed by atoms with van der Waals surface area (Å²) in [7, 11) is 0. The summed E-state index contributed by atoms with van der Waals surface area (Å²) < 4.78 is 29.7. The molecule has 3 rings (SSSR count). The lowest BCUT2D eigenvalue weighted by Crippen LogP contribution is -2.26. The molecule has 0 amide bonds. The normalized spacial score (nSPS) is 20.4. The van der Waals surface area contributed by atoms with E-state index in [-0.39, 0.29) is 16.7 Å². The highest BCUT2D eigenvalue weighted by Gasteiger charge is 2.33. The molecule has 4 heteroatoms. The Bertz CT molecular complexity index is 703. The Morgan fingerprint density at radius 2 is 1.95 bits per heavy atom. The summed E-state index contributed by atoms with van der Waals surface area (Å²) in [6.07, 6.45) is 2.56. The van der Waals surface area contributed by atoms with Crippen LogP contribution < -0.4 is 0 Å². The van der Waals surface area contributed by atoms with Crippen molar-refractivity contribution in [1.29, 1.82) is 0 Å². The molecular formula is C17H19F2NO. The molecule has 1 atom stereocenters. The topological polar surface area (TPSA) is 25.2 Å². The molecule has 2 aromatic rings. The standard InChI is InChI=1S/C17H19F2NO/c1-10-6-13(19)14(7-12(10)18)20-5-4-11-15(20)8-17(2,3)9-16(11)21/h4-7,16,21H,8-9H2,1-3H3. The van der Waals surface area contributed by atoms with Gasteiger partial charge in [-0.3, -0.25) is 0 Å². The smallest absolute Gasteiger partial charge is 0.147 e. The van der Waals surface area contributed by atoms with Crippen LogP contribution in [-0.2, 0) is 6.42 Å². The summed E-state index contributed by atoms with van der Waals surface area (Å²) in [6, 6.07) is 4.23. The van der Waals surface area contributed by atoms with Crippen molar-refractivity contribution in [2.45, 2.75) is 39.7 Å². The molecule has 1 aromatic heterocycles. The van der Waals surface area contributed by atoms with Crippen LogP contribution >= 0.6 is 0 Å². The second-order valence-electron chi connectivity index (χ2n) is 6.70. The number of benzene rings is 1. The SMILES string of the molecule is Cc1cc(F)c(-n2ccc3c2CC(C)(C)CC3O)cc1F. The van der Waals surface area contributed by atoms with Gasteiger partial charge in [-0.15, -0.1) is 0 Å². The van der Waals surface area contributed by atoms with Crippen LogP contribution in [0.1, 0.15) is 43.2 Å². The molecule has 0 bridgehead atoms. The Hall–Kier alpha value is -1.68. The molecule has 0 radical (unpaired) electrons. The third-order valence-electron chi connectivity index (χ3n) is 4.27. The zero-order valence-electron chi connectivity index (χ0n) is 12.5. The lowest BCUT2D eigenvalue weighted by atomic mass is 9.75. The number of aliphatic hydroxyl groups is 1. The molecule has 1 unspecified atom stereocenters. The minimum absolute atomic E-state index is 0.0672. The van der Waals surface area contributed by atoms with Gasteiger partial charge in [0.2, 0.25) is 0 Å². The van der Waals surface area contributed by atoms with Gasteiger partial charge in [-0.25, -0.2) is 8.78 Å². The summed E-state index contributed by atoms with van der Waals surface area (Å²) in [6.45, 7) is 5.69. The Morgan fingerprint density at radius 1 is 1.24 bits per heavy atom. The Balaban J connectivity index is 2.16. The lowest BCUT2D eigenvalue weighted by molar-refractivity contribution is 0.0986. The maximum absolute atomic E-state index is 14.2. The molecule has 1 aliphatic rings. The molecule has 1 N–H and O–H groups in total. The van der Waals surface area contributed by atoms with Crippen LogP contribution in [0.3, 0.4) is 0 Å². The van der Waals surface area contributed by atoms with Gasteiger partial charge >= 0.3 is 0 Å². The molecule has 112 valence electrons. The van der Waals surface area contributed by atoms with Crippen LogP contribution in [0.25, 0.3) is 5.69 Å². The van der Waals surface area contributed by atoms with Crippen molar-refractivity contribution in [3.05, 3.63) is 52.9 Å². The van der Waals surface area contributed by atoms with Crippen molar-refractivity contribution < 1.29 is 13.9 Å². The van der Waals surface area contributed by atoms with E-state index < -0.39 is 17.7 Å². The van der Waals surface area contributed by atoms with Crippen LogP contribution in [-0.4, -0.2) is 9.67 Å². The number of hydrogen-bond donors (Lipinski definition) is 1. The van der Waals surface area contributed by atoms with E-state index in [2.05, 4.69) is 13.8 Å². The van der Waals surface area contributed by atoms with E-state index >= 15 is 0 Å². The minimum Gasteiger partial charge on any atom is -0.388 e. The zero-order chi connectivity index (χ0) is 15.4. The lowest BCUT2D eigenvalue weighted by Gasteiger charge is -2.34. The van der Waals surface area contributed by atoms with Gasteiger partial charge in [-0.05, 0) is 42.9 Å². The monoisotopic (exact) mass is 291 g/mol. The molecule has 0 saturated carbocycles. The number of aryl methyl sites for hydroxylation is 1. The highest BCUT2D eigenvalue weighted by molar-refractivity contribution is 5.43. The molecule has 1 aromatic carbocycles. The minimum atomic E-state index is -0.552. The van der Waals surface area contributed by atoms with E-state index in [0.717, 1.165) is 17.7 Å². The van der Waals surface area contributed by atoms with Gasteiger partial charge < -0.3 is 9.67 Å². The predicted octanol–water partition coefficient (Wildman–Crippen LogP) is 4.07. The number of hydrogen-bond acceptors (Lipinski definition) is 1. The van der Waals surface area contributed by atoms with E-state index in [1.54, 1.807) is 23.8 Å². The van der Waals surface area contributed by atoms with Gasteiger partial charge in [0, 0.05) is 23.5 Å². The molecular weight excluding hydrogens is 272 g/mol. The Kier molecular flexibility index (Phi) is 3.17. The van der Waals surface area contributed by atoms with Crippen LogP contribution in [0.2, 0.25) is 0 Å². The summed E-state index contributed by atoms with van der Waals surface area (Å²) in [4.78, 5) is 0. The van der Waals surface area contributed by atoms with Gasteiger partial charge in [0.15, 0.2) is 0 Å². The van der Waals surface area contributed by atoms with E-state index in [9.17, 15) is 13.9 Å². The number of fused-ring (bicyclic) bond motifs is 1. The van der Waals surface area contributed by atoms with Gasteiger partial charge in [0.25, 0.3) is 0 Å². The Morgan fingerprint density at radius 3 is 2.67 bits per heavy atom. The average Bonchev–Trinajstić information content (AvgIpc) is 2.76. The fourth-order valence-electron chi connectivity index (χ4n) is 3.18. The van der Waals surface area contributed by atoms with Crippen molar-refractivity contribution in [3.8, 4) is 5.69 Å². The highest BCUT2D eigenvalue weighted by atomic mass is 19.1. The number of aliphatic hydroxyl groups excluding tert-OH is 1. The molecule has 0 spiro atoms. The first kappa shape index (κ1) is 14.3. The zero-order valence-corrected chi connectivity index (χ0v) is 12.5. The fourth-order valence-corrected chi connectivity index (χ4v) is 3.18. The van der Waals surface area contributed by atoms with Crippen molar-refractivity contribution in [1.82, 2.24) is 4.57 Å². The molecule has 1 aliphatic carbocycles. The maximum Gasteiger partial charge on any atom is 0.147 e.